The Morgan fingerprint density at radius 2 is 1.15 bits per heavy atom. The number of nitrogens with zero attached hydrogens (tertiary/aromatic N) is 10. The summed E-state index contributed by atoms with van der Waals surface area (Å²) in [4.78, 5) is 105. The zero-order valence-corrected chi connectivity index (χ0v) is 83.0. The van der Waals surface area contributed by atoms with Gasteiger partial charge in [0, 0.05) is 136 Å². The number of aryl methyl sites for hydroxylation is 2. The first-order valence-electron chi connectivity index (χ1n) is 45.3. The molecule has 3 atom stereocenters. The van der Waals surface area contributed by atoms with Crippen molar-refractivity contribution in [2.24, 2.45) is 5.16 Å². The van der Waals surface area contributed by atoms with Crippen LogP contribution in [0.25, 0.3) is 0 Å². The minimum Gasteiger partial charge on any atom is -0.493 e. The molecule has 0 spiro atoms. The number of piperazine rings is 1. The molecule has 7 saturated heterocycles. The summed E-state index contributed by atoms with van der Waals surface area (Å²) in [5, 5.41) is 11.5. The number of ether oxygens (including phenoxy) is 4. The molecule has 0 saturated carbocycles. The van der Waals surface area contributed by atoms with Crippen molar-refractivity contribution in [1.82, 2.24) is 49.4 Å². The number of morpholine rings is 1. The number of likely N-dealkylation sites (tertiary alicyclic amines) is 5. The Morgan fingerprint density at radius 1 is 0.553 bits per heavy atom. The molecular formula is C101H120Cl9N11O11. The van der Waals surface area contributed by atoms with E-state index in [0.717, 1.165) is 169 Å². The van der Waals surface area contributed by atoms with E-state index in [1.807, 2.05) is 112 Å². The Bertz CT molecular complexity index is 5240. The fourth-order valence-electron chi connectivity index (χ4n) is 19.6. The van der Waals surface area contributed by atoms with E-state index in [9.17, 15) is 28.8 Å². The summed E-state index contributed by atoms with van der Waals surface area (Å²) < 4.78 is 22.1. The van der Waals surface area contributed by atoms with Crippen molar-refractivity contribution in [2.45, 2.75) is 132 Å². The molecule has 0 aliphatic carbocycles. The molecule has 708 valence electrons. The predicted octanol–water partition coefficient (Wildman–Crippen LogP) is 19.4. The van der Waals surface area contributed by atoms with E-state index in [0.29, 0.717) is 163 Å². The highest BCUT2D eigenvalue weighted by Crippen LogP contribution is 2.46. The van der Waals surface area contributed by atoms with Gasteiger partial charge in [0.05, 0.1) is 94.9 Å². The molecule has 0 aromatic heterocycles. The average Bonchev–Trinajstić information content (AvgIpc) is 1.10. The molecular weight excluding hydrogens is 1860 g/mol. The van der Waals surface area contributed by atoms with Gasteiger partial charge in [0.25, 0.3) is 17.7 Å². The number of hydrogen-bond donors (Lipinski definition) is 1. The number of piperidine rings is 4. The second-order valence-corrected chi connectivity index (χ2v) is 38.6. The summed E-state index contributed by atoms with van der Waals surface area (Å²) in [7, 11) is 7.83. The molecule has 15 rings (SSSR count). The van der Waals surface area contributed by atoms with Crippen LogP contribution in [0.4, 0.5) is 0 Å². The number of benzene rings is 8. The summed E-state index contributed by atoms with van der Waals surface area (Å²) in [6, 6.07) is 52.1. The number of oxime groups is 1. The van der Waals surface area contributed by atoms with Crippen molar-refractivity contribution in [2.75, 3.05) is 167 Å². The maximum absolute atomic E-state index is 14.1. The van der Waals surface area contributed by atoms with E-state index in [-0.39, 0.29) is 72.4 Å². The number of methoxy groups -OCH3 is 3. The smallest absolute Gasteiger partial charge is 0.254 e. The molecule has 7 heterocycles. The molecule has 8 aromatic carbocycles. The predicted molar refractivity (Wildman–Crippen MR) is 530 cm³/mol. The van der Waals surface area contributed by atoms with Crippen LogP contribution >= 0.6 is 105 Å². The van der Waals surface area contributed by atoms with E-state index in [1.54, 1.807) is 75.7 Å². The molecule has 132 heavy (non-hydrogen) atoms. The molecule has 31 heteroatoms. The van der Waals surface area contributed by atoms with Gasteiger partial charge in [0.2, 0.25) is 23.5 Å². The van der Waals surface area contributed by atoms with Crippen molar-refractivity contribution in [3.8, 4) is 17.2 Å². The molecule has 7 fully saturated rings. The minimum atomic E-state index is -0.548. The molecule has 7 aliphatic rings. The van der Waals surface area contributed by atoms with Crippen LogP contribution in [0.1, 0.15) is 159 Å². The molecule has 0 radical (unpaired) electrons. The first-order valence-corrected chi connectivity index (χ1v) is 48.3. The summed E-state index contributed by atoms with van der Waals surface area (Å²) in [5.74, 6) is 1.32. The fraction of sp³-hybridized carbons (Fsp3) is 0.455. The second-order valence-electron chi connectivity index (χ2n) is 35.3. The highest BCUT2D eigenvalue weighted by molar-refractivity contribution is 6.43. The fourth-order valence-corrected chi connectivity index (χ4v) is 21.1. The molecule has 8 aromatic rings. The van der Waals surface area contributed by atoms with E-state index in [2.05, 4.69) is 72.5 Å². The monoisotopic (exact) mass is 1980 g/mol. The van der Waals surface area contributed by atoms with Gasteiger partial charge in [-0.15, -0.1) is 12.4 Å². The van der Waals surface area contributed by atoms with E-state index in [1.165, 1.54) is 12.7 Å². The maximum atomic E-state index is 14.1. The lowest BCUT2D eigenvalue weighted by Crippen LogP contribution is -2.55. The van der Waals surface area contributed by atoms with Crippen LogP contribution in [-0.2, 0) is 41.3 Å². The zero-order valence-electron chi connectivity index (χ0n) is 76.1. The standard InChI is InChI=1S/C38H45Cl2N3O6.C33H38Cl2N4O2.C30H36Cl4N4O3.ClH/c1-46-32-23-27(24-33(47-2)34(32)48-3)35(44)43-18-12-37(26-43,29-9-10-30(39)31(40)25-29)11-15-41-16-13-38(14-17-41,28-7-5-4-6-8-28)36(45)42-19-21-49-22-20-42;1-23-16-24(2)18-27(17-23)33(41)38-14-15-39(31(22-38)26-8-9-29(34)30(35)19-26)32(40)20-36-28-10-12-37(13-11-28)21-25-6-4-3-5-7-25;1-36(30(40)21-15-22(31)18-23(32)16-21)19-28(35-41-2)25(20-6-7-26(33)27(34)17-20)10-14-37-12-8-24(9-13-37)38-11-4-3-5-29(38)39;/h4-10,23-25H,11-22,26H2,1-3H3;3-9,16-19,28,31,36H,10-15,20-22H2,1-2H3;6-7,15-18,24-25H,3-5,8-14,19H2,1-2H3;1H/t37-;;25-;/m0.1./s1. The van der Waals surface area contributed by atoms with Crippen molar-refractivity contribution >= 4 is 146 Å². The Labute approximate surface area is 822 Å². The van der Waals surface area contributed by atoms with Crippen molar-refractivity contribution in [1.29, 1.82) is 0 Å². The van der Waals surface area contributed by atoms with E-state index >= 15 is 0 Å². The van der Waals surface area contributed by atoms with Crippen LogP contribution in [0.3, 0.4) is 0 Å². The SMILES string of the molecule is CON=C(CN(C)C(=O)c1cc(Cl)cc(Cl)c1)[C@H](CCN1CCC(N2CCCCC2=O)CC1)c1ccc(Cl)c(Cl)c1.COc1cc(C(=O)N2CC[C@](CCN3CCC(C(=O)N4CCOCC4)(c4ccccc4)CC3)(c3ccc(Cl)c(Cl)c3)C2)cc(OC)c1OC.Cc1cc(C)cc(C(=O)N2CCN(C(=O)CNC3CCN(Cc4ccccc4)CC3)C(c3ccc(Cl)c(Cl)c3)C2)c1.Cl. The minimum absolute atomic E-state index is 0. The Morgan fingerprint density at radius 3 is 1.77 bits per heavy atom. The van der Waals surface area contributed by atoms with Gasteiger partial charge >= 0.3 is 0 Å². The van der Waals surface area contributed by atoms with Crippen molar-refractivity contribution in [3.63, 3.8) is 0 Å². The van der Waals surface area contributed by atoms with Crippen molar-refractivity contribution < 1.29 is 52.6 Å². The quantitative estimate of drug-likeness (QED) is 0.0376. The number of amides is 6. The van der Waals surface area contributed by atoms with Crippen LogP contribution < -0.4 is 19.5 Å². The van der Waals surface area contributed by atoms with Gasteiger partial charge in [-0.3, -0.25) is 33.7 Å². The third kappa shape index (κ3) is 26.2. The number of halogens is 9. The molecule has 22 nitrogen and oxygen atoms in total. The first kappa shape index (κ1) is 103. The number of hydrogen-bond acceptors (Lipinski definition) is 16. The molecule has 6 amide bonds. The summed E-state index contributed by atoms with van der Waals surface area (Å²) in [6.45, 7) is 18.3. The summed E-state index contributed by atoms with van der Waals surface area (Å²) in [6.07, 6.45) is 10.6. The maximum Gasteiger partial charge on any atom is 0.254 e. The topological polar surface area (TPSA) is 202 Å². The average molecular weight is 1980 g/mol. The van der Waals surface area contributed by atoms with Gasteiger partial charge in [0.1, 0.15) is 7.11 Å². The second kappa shape index (κ2) is 48.5. The van der Waals surface area contributed by atoms with Crippen LogP contribution in [0.15, 0.2) is 169 Å². The first-order chi connectivity index (χ1) is 63.1. The molecule has 0 bridgehead atoms. The lowest BCUT2D eigenvalue weighted by Gasteiger charge is -2.45. The van der Waals surface area contributed by atoms with Gasteiger partial charge in [-0.2, -0.15) is 0 Å². The van der Waals surface area contributed by atoms with Crippen LogP contribution in [0.5, 0.6) is 17.2 Å². The lowest BCUT2D eigenvalue weighted by atomic mass is 9.71. The van der Waals surface area contributed by atoms with Gasteiger partial charge < -0.3 is 68.3 Å². The van der Waals surface area contributed by atoms with Gasteiger partial charge in [0.15, 0.2) is 11.5 Å². The highest BCUT2D eigenvalue weighted by atomic mass is 35.5. The van der Waals surface area contributed by atoms with Gasteiger partial charge in [-0.1, -0.05) is 194 Å². The lowest BCUT2D eigenvalue weighted by molar-refractivity contribution is -0.143. The Balaban J connectivity index is 0.000000179. The number of carbonyl (C=O) groups excluding carboxylic acids is 6. The van der Waals surface area contributed by atoms with Crippen LogP contribution in [0, 0.1) is 13.8 Å². The van der Waals surface area contributed by atoms with Crippen molar-refractivity contribution in [3.05, 3.63) is 260 Å². The Kier molecular flexibility index (Phi) is 37.8. The van der Waals surface area contributed by atoms with Crippen LogP contribution in [0.2, 0.25) is 40.2 Å². The number of rotatable bonds is 27. The normalized spacial score (nSPS) is 19.1. The van der Waals surface area contributed by atoms with E-state index in [4.69, 9.17) is 117 Å². The highest BCUT2D eigenvalue weighted by Gasteiger charge is 2.48. The molecule has 1 unspecified atom stereocenters. The number of carbonyl (C=O) groups is 6. The summed E-state index contributed by atoms with van der Waals surface area (Å²) >= 11 is 50.5. The third-order valence-electron chi connectivity index (χ3n) is 26.8. The summed E-state index contributed by atoms with van der Waals surface area (Å²) in [5.41, 5.74) is 8.76. The Hall–Kier alpha value is -8.14. The van der Waals surface area contributed by atoms with Gasteiger partial charge in [-0.25, -0.2) is 0 Å². The zero-order chi connectivity index (χ0) is 93.0. The largest absolute Gasteiger partial charge is 0.493 e. The van der Waals surface area contributed by atoms with Crippen LogP contribution in [-0.4, -0.2) is 264 Å². The molecule has 7 aliphatic heterocycles. The van der Waals surface area contributed by atoms with Gasteiger partial charge in [-0.05, 0) is 230 Å². The number of nitrogens with one attached hydrogen (secondary N) is 1. The molecule has 1 N–H and O–H groups in total. The van der Waals surface area contributed by atoms with E-state index < -0.39 is 5.41 Å². The third-order valence-corrected chi connectivity index (χ3v) is 29.5.